The molecule has 2 aromatic carbocycles. The minimum atomic E-state index is -0.350. The van der Waals surface area contributed by atoms with Crippen LogP contribution in [0.5, 0.6) is 0 Å². The number of carbonyl (C=O) groups excluding carboxylic acids is 1. The second kappa shape index (κ2) is 6.22. The number of aromatic nitrogens is 2. The number of halogens is 2. The number of carbonyl (C=O) groups is 1. The zero-order valence-corrected chi connectivity index (χ0v) is 13.0. The molecule has 0 spiro atoms. The number of aryl methyl sites for hydroxylation is 1. The molecule has 0 bridgehead atoms. The van der Waals surface area contributed by atoms with Gasteiger partial charge >= 0.3 is 0 Å². The number of hydrogen-bond acceptors (Lipinski definition) is 2. The number of nitrogens with one attached hydrogen (secondary N) is 2. The molecule has 2 N–H and O–H groups in total. The predicted molar refractivity (Wildman–Crippen MR) is 88.1 cm³/mol. The van der Waals surface area contributed by atoms with Crippen LogP contribution in [0.4, 0.5) is 10.1 Å². The Hall–Kier alpha value is -2.66. The molecule has 0 unspecified atom stereocenters. The van der Waals surface area contributed by atoms with Gasteiger partial charge in [-0.15, -0.1) is 0 Å². The fraction of sp³-hybridized carbons (Fsp3) is 0.0588. The molecular weight excluding hydrogens is 317 g/mol. The third-order valence-corrected chi connectivity index (χ3v) is 3.65. The monoisotopic (exact) mass is 329 g/mol. The van der Waals surface area contributed by atoms with Crippen molar-refractivity contribution in [3.63, 3.8) is 0 Å². The fourth-order valence-electron chi connectivity index (χ4n) is 2.12. The van der Waals surface area contributed by atoms with Gasteiger partial charge in [-0.1, -0.05) is 17.7 Å². The van der Waals surface area contributed by atoms with Gasteiger partial charge in [0.15, 0.2) is 0 Å². The molecule has 1 amide bonds. The zero-order valence-electron chi connectivity index (χ0n) is 12.2. The summed E-state index contributed by atoms with van der Waals surface area (Å²) in [7, 11) is 0. The summed E-state index contributed by atoms with van der Waals surface area (Å²) in [6.07, 6.45) is 0. The van der Waals surface area contributed by atoms with Crippen LogP contribution >= 0.6 is 11.6 Å². The van der Waals surface area contributed by atoms with Crippen molar-refractivity contribution in [2.75, 3.05) is 5.32 Å². The molecule has 1 aromatic heterocycles. The Bertz CT molecular complexity index is 859. The van der Waals surface area contributed by atoms with E-state index in [-0.39, 0.29) is 11.7 Å². The number of nitrogens with zero attached hydrogens (tertiary/aromatic N) is 1. The lowest BCUT2D eigenvalue weighted by Gasteiger charge is -2.06. The standard InChI is InChI=1S/C17H13ClFN3O/c1-10-2-7-14(13(18)8-10)20-17(23)16-9-15(21-22-16)11-3-5-12(19)6-4-11/h2-9H,1H3,(H,20,23)(H,21,22). The van der Waals surface area contributed by atoms with E-state index in [1.54, 1.807) is 30.3 Å². The van der Waals surface area contributed by atoms with Gasteiger partial charge in [0.1, 0.15) is 11.5 Å². The number of H-pyrrole nitrogens is 1. The Morgan fingerprint density at radius 1 is 1.17 bits per heavy atom. The summed E-state index contributed by atoms with van der Waals surface area (Å²) in [6.45, 7) is 1.92. The Balaban J connectivity index is 1.79. The average Bonchev–Trinajstić information content (AvgIpc) is 3.01. The van der Waals surface area contributed by atoms with E-state index in [0.29, 0.717) is 22.1 Å². The molecule has 6 heteroatoms. The zero-order chi connectivity index (χ0) is 16.4. The first kappa shape index (κ1) is 15.2. The molecule has 1 heterocycles. The molecule has 0 saturated heterocycles. The van der Waals surface area contributed by atoms with Gasteiger partial charge in [0.05, 0.1) is 16.4 Å². The van der Waals surface area contributed by atoms with E-state index in [0.717, 1.165) is 11.1 Å². The normalized spacial score (nSPS) is 10.6. The summed E-state index contributed by atoms with van der Waals surface area (Å²) in [5.74, 6) is -0.673. The van der Waals surface area contributed by atoms with E-state index in [4.69, 9.17) is 11.6 Å². The first-order valence-corrected chi connectivity index (χ1v) is 7.29. The van der Waals surface area contributed by atoms with Crippen LogP contribution in [0.3, 0.4) is 0 Å². The Labute approximate surface area is 137 Å². The number of rotatable bonds is 3. The first-order valence-electron chi connectivity index (χ1n) is 6.92. The van der Waals surface area contributed by atoms with Crippen LogP contribution in [0.15, 0.2) is 48.5 Å². The maximum Gasteiger partial charge on any atom is 0.273 e. The summed E-state index contributed by atoms with van der Waals surface area (Å²) in [5.41, 5.74) is 3.11. The molecule has 23 heavy (non-hydrogen) atoms. The maximum atomic E-state index is 12.9. The fourth-order valence-corrected chi connectivity index (χ4v) is 2.40. The third-order valence-electron chi connectivity index (χ3n) is 3.34. The highest BCUT2D eigenvalue weighted by Gasteiger charge is 2.13. The van der Waals surface area contributed by atoms with Crippen molar-refractivity contribution in [2.45, 2.75) is 6.92 Å². The van der Waals surface area contributed by atoms with Crippen LogP contribution in [0.1, 0.15) is 16.1 Å². The first-order chi connectivity index (χ1) is 11.0. The highest BCUT2D eigenvalue weighted by Crippen LogP contribution is 2.24. The van der Waals surface area contributed by atoms with Crippen LogP contribution in [0.25, 0.3) is 11.3 Å². The van der Waals surface area contributed by atoms with Gasteiger partial charge in [-0.3, -0.25) is 9.89 Å². The van der Waals surface area contributed by atoms with Gasteiger partial charge in [0.25, 0.3) is 5.91 Å². The predicted octanol–water partition coefficient (Wildman–Crippen LogP) is 4.43. The molecule has 3 rings (SSSR count). The summed E-state index contributed by atoms with van der Waals surface area (Å²) in [6, 6.07) is 12.9. The van der Waals surface area contributed by atoms with Gasteiger partial charge in [0, 0.05) is 5.56 Å². The molecule has 0 aliphatic heterocycles. The molecular formula is C17H13ClFN3O. The van der Waals surface area contributed by atoms with Crippen LogP contribution in [-0.2, 0) is 0 Å². The van der Waals surface area contributed by atoms with Crippen molar-refractivity contribution in [3.8, 4) is 11.3 Å². The topological polar surface area (TPSA) is 57.8 Å². The van der Waals surface area contributed by atoms with Crippen molar-refractivity contribution in [1.82, 2.24) is 10.2 Å². The largest absolute Gasteiger partial charge is 0.319 e. The van der Waals surface area contributed by atoms with E-state index < -0.39 is 0 Å². The smallest absolute Gasteiger partial charge is 0.273 e. The number of anilines is 1. The van der Waals surface area contributed by atoms with E-state index in [1.807, 2.05) is 13.0 Å². The molecule has 4 nitrogen and oxygen atoms in total. The summed E-state index contributed by atoms with van der Waals surface area (Å²) in [5, 5.41) is 9.94. The summed E-state index contributed by atoms with van der Waals surface area (Å²) < 4.78 is 12.9. The van der Waals surface area contributed by atoms with Gasteiger partial charge in [-0.05, 0) is 55.0 Å². The molecule has 0 aliphatic carbocycles. The minimum absolute atomic E-state index is 0.293. The lowest BCUT2D eigenvalue weighted by molar-refractivity contribution is 0.102. The maximum absolute atomic E-state index is 12.9. The Morgan fingerprint density at radius 3 is 2.61 bits per heavy atom. The van der Waals surface area contributed by atoms with Crippen molar-refractivity contribution >= 4 is 23.2 Å². The van der Waals surface area contributed by atoms with Gasteiger partial charge in [-0.25, -0.2) is 4.39 Å². The molecule has 3 aromatic rings. The molecule has 116 valence electrons. The van der Waals surface area contributed by atoms with Gasteiger partial charge in [-0.2, -0.15) is 5.10 Å². The summed E-state index contributed by atoms with van der Waals surface area (Å²) in [4.78, 5) is 12.2. The molecule has 0 atom stereocenters. The van der Waals surface area contributed by atoms with Crippen molar-refractivity contribution in [2.24, 2.45) is 0 Å². The van der Waals surface area contributed by atoms with Crippen LogP contribution in [-0.4, -0.2) is 16.1 Å². The second-order valence-corrected chi connectivity index (χ2v) is 5.52. The average molecular weight is 330 g/mol. The van der Waals surface area contributed by atoms with Crippen molar-refractivity contribution < 1.29 is 9.18 Å². The van der Waals surface area contributed by atoms with Crippen LogP contribution < -0.4 is 5.32 Å². The lowest BCUT2D eigenvalue weighted by Crippen LogP contribution is -2.12. The molecule has 0 radical (unpaired) electrons. The third kappa shape index (κ3) is 3.40. The van der Waals surface area contributed by atoms with Crippen molar-refractivity contribution in [3.05, 3.63) is 70.6 Å². The quantitative estimate of drug-likeness (QED) is 0.746. The van der Waals surface area contributed by atoms with Gasteiger partial charge in [0.2, 0.25) is 0 Å². The minimum Gasteiger partial charge on any atom is -0.319 e. The van der Waals surface area contributed by atoms with E-state index in [1.165, 1.54) is 12.1 Å². The van der Waals surface area contributed by atoms with E-state index >= 15 is 0 Å². The number of amides is 1. The molecule has 0 fully saturated rings. The van der Waals surface area contributed by atoms with E-state index in [2.05, 4.69) is 15.5 Å². The second-order valence-electron chi connectivity index (χ2n) is 5.11. The highest BCUT2D eigenvalue weighted by molar-refractivity contribution is 6.34. The Kier molecular flexibility index (Phi) is 4.12. The number of hydrogen-bond donors (Lipinski definition) is 2. The van der Waals surface area contributed by atoms with Crippen LogP contribution in [0.2, 0.25) is 5.02 Å². The lowest BCUT2D eigenvalue weighted by atomic mass is 10.1. The SMILES string of the molecule is Cc1ccc(NC(=O)c2cc(-c3ccc(F)cc3)n[nH]2)c(Cl)c1. The molecule has 0 aliphatic rings. The van der Waals surface area contributed by atoms with Crippen molar-refractivity contribution in [1.29, 1.82) is 0 Å². The Morgan fingerprint density at radius 2 is 1.91 bits per heavy atom. The summed E-state index contributed by atoms with van der Waals surface area (Å²) >= 11 is 6.10. The van der Waals surface area contributed by atoms with Crippen LogP contribution in [0, 0.1) is 12.7 Å². The van der Waals surface area contributed by atoms with E-state index in [9.17, 15) is 9.18 Å². The number of benzene rings is 2. The van der Waals surface area contributed by atoms with Gasteiger partial charge < -0.3 is 5.32 Å². The molecule has 0 saturated carbocycles. The highest BCUT2D eigenvalue weighted by atomic mass is 35.5. The number of aromatic amines is 1.